The molecule has 1 saturated heterocycles. The Bertz CT molecular complexity index is 926. The van der Waals surface area contributed by atoms with Crippen molar-refractivity contribution in [1.82, 2.24) is 9.88 Å². The number of likely N-dealkylation sites (tertiary alicyclic amines) is 1. The van der Waals surface area contributed by atoms with Gasteiger partial charge in [0.15, 0.2) is 0 Å². The number of aromatic nitrogens is 1. The molecule has 0 spiro atoms. The normalized spacial score (nSPS) is 16.7. The Labute approximate surface area is 159 Å². The Morgan fingerprint density at radius 1 is 1.22 bits per heavy atom. The zero-order valence-corrected chi connectivity index (χ0v) is 16.2. The van der Waals surface area contributed by atoms with Crippen LogP contribution in [0.3, 0.4) is 0 Å². The van der Waals surface area contributed by atoms with Gasteiger partial charge in [0, 0.05) is 28.3 Å². The van der Waals surface area contributed by atoms with E-state index >= 15 is 0 Å². The van der Waals surface area contributed by atoms with Crippen LogP contribution in [0.5, 0.6) is 0 Å². The Hall–Kier alpha value is -2.53. The van der Waals surface area contributed by atoms with Gasteiger partial charge in [-0.2, -0.15) is 0 Å². The minimum atomic E-state index is -0.154. The molecule has 142 valence electrons. The molecule has 1 aliphatic heterocycles. The summed E-state index contributed by atoms with van der Waals surface area (Å²) < 4.78 is 4.99. The molecule has 0 aliphatic carbocycles. The number of furan rings is 1. The molecule has 5 nitrogen and oxygen atoms in total. The average molecular weight is 365 g/mol. The number of piperidine rings is 1. The number of amides is 1. The first kappa shape index (κ1) is 17.9. The smallest absolute Gasteiger partial charge is 0.258 e. The summed E-state index contributed by atoms with van der Waals surface area (Å²) in [5.74, 6) is 0.399. The minimum Gasteiger partial charge on any atom is -0.472 e. The van der Waals surface area contributed by atoms with Crippen molar-refractivity contribution in [2.24, 2.45) is 0 Å². The molecular formula is C22H27N3O2. The Balaban J connectivity index is 1.53. The predicted molar refractivity (Wildman–Crippen MR) is 108 cm³/mol. The van der Waals surface area contributed by atoms with Crippen LogP contribution in [0.15, 0.2) is 47.4 Å². The number of anilines is 1. The zero-order chi connectivity index (χ0) is 19.0. The lowest BCUT2D eigenvalue weighted by atomic mass is 9.87. The molecule has 1 amide bonds. The first-order valence-electron chi connectivity index (χ1n) is 9.61. The molecule has 3 aromatic rings. The van der Waals surface area contributed by atoms with Crippen molar-refractivity contribution in [2.75, 3.05) is 18.4 Å². The van der Waals surface area contributed by atoms with Crippen LogP contribution in [0.4, 0.5) is 5.69 Å². The van der Waals surface area contributed by atoms with Gasteiger partial charge in [-0.1, -0.05) is 0 Å². The molecule has 1 aliphatic rings. The topological polar surface area (TPSA) is 61.3 Å². The molecule has 2 N–H and O–H groups in total. The van der Waals surface area contributed by atoms with E-state index in [0.29, 0.717) is 11.5 Å². The Kier molecular flexibility index (Phi) is 4.56. The number of carbonyl (C=O) groups is 1. The van der Waals surface area contributed by atoms with Gasteiger partial charge in [-0.15, -0.1) is 0 Å². The largest absolute Gasteiger partial charge is 0.472 e. The highest BCUT2D eigenvalue weighted by molar-refractivity contribution is 6.05. The summed E-state index contributed by atoms with van der Waals surface area (Å²) >= 11 is 0. The van der Waals surface area contributed by atoms with E-state index < -0.39 is 0 Å². The maximum Gasteiger partial charge on any atom is 0.258 e. The highest BCUT2D eigenvalue weighted by atomic mass is 16.3. The number of nitrogens with one attached hydrogen (secondary N) is 2. The third-order valence-corrected chi connectivity index (χ3v) is 5.64. The molecule has 27 heavy (non-hydrogen) atoms. The van der Waals surface area contributed by atoms with Gasteiger partial charge < -0.3 is 14.7 Å². The van der Waals surface area contributed by atoms with Gasteiger partial charge in [0.25, 0.3) is 5.91 Å². The van der Waals surface area contributed by atoms with E-state index in [2.05, 4.69) is 48.2 Å². The number of H-pyrrole nitrogens is 1. The van der Waals surface area contributed by atoms with Crippen LogP contribution in [0.1, 0.15) is 55.5 Å². The molecule has 3 heterocycles. The maximum atomic E-state index is 12.3. The summed E-state index contributed by atoms with van der Waals surface area (Å²) in [7, 11) is 0. The quantitative estimate of drug-likeness (QED) is 0.687. The van der Waals surface area contributed by atoms with E-state index in [1.807, 2.05) is 12.1 Å². The number of rotatable bonds is 3. The second-order valence-corrected chi connectivity index (χ2v) is 8.40. The molecule has 0 bridgehead atoms. The summed E-state index contributed by atoms with van der Waals surface area (Å²) in [5.41, 5.74) is 4.04. The van der Waals surface area contributed by atoms with Crippen molar-refractivity contribution >= 4 is 22.5 Å². The number of carbonyl (C=O) groups excluding carboxylic acids is 1. The van der Waals surface area contributed by atoms with Gasteiger partial charge in [-0.05, 0) is 82.4 Å². The average Bonchev–Trinajstić information content (AvgIpc) is 3.31. The van der Waals surface area contributed by atoms with Crippen molar-refractivity contribution in [3.05, 3.63) is 54.1 Å². The fraction of sp³-hybridized carbons (Fsp3) is 0.409. The van der Waals surface area contributed by atoms with Crippen molar-refractivity contribution < 1.29 is 9.21 Å². The fourth-order valence-electron chi connectivity index (χ4n) is 4.02. The van der Waals surface area contributed by atoms with E-state index in [9.17, 15) is 4.79 Å². The van der Waals surface area contributed by atoms with Crippen LogP contribution < -0.4 is 5.32 Å². The Morgan fingerprint density at radius 2 is 2.00 bits per heavy atom. The van der Waals surface area contributed by atoms with Gasteiger partial charge in [0.2, 0.25) is 0 Å². The number of nitrogens with zero attached hydrogens (tertiary/aromatic N) is 1. The van der Waals surface area contributed by atoms with E-state index in [0.717, 1.165) is 37.1 Å². The Morgan fingerprint density at radius 3 is 2.67 bits per heavy atom. The van der Waals surface area contributed by atoms with Crippen LogP contribution in [0.2, 0.25) is 0 Å². The van der Waals surface area contributed by atoms with Crippen molar-refractivity contribution in [3.63, 3.8) is 0 Å². The highest BCUT2D eigenvalue weighted by Crippen LogP contribution is 2.35. The summed E-state index contributed by atoms with van der Waals surface area (Å²) in [5, 5.41) is 4.17. The molecule has 4 rings (SSSR count). The van der Waals surface area contributed by atoms with Gasteiger partial charge in [-0.25, -0.2) is 0 Å². The molecule has 2 aromatic heterocycles. The molecule has 0 unspecified atom stereocenters. The fourth-order valence-corrected chi connectivity index (χ4v) is 4.02. The molecule has 5 heteroatoms. The molecule has 1 aromatic carbocycles. The summed E-state index contributed by atoms with van der Waals surface area (Å²) in [4.78, 5) is 18.2. The van der Waals surface area contributed by atoms with Crippen molar-refractivity contribution in [2.45, 2.75) is 45.1 Å². The van der Waals surface area contributed by atoms with Crippen LogP contribution >= 0.6 is 0 Å². The summed E-state index contributed by atoms with van der Waals surface area (Å²) in [6.07, 6.45) is 7.43. The maximum absolute atomic E-state index is 12.3. The molecule has 1 fully saturated rings. The molecular weight excluding hydrogens is 338 g/mol. The van der Waals surface area contributed by atoms with Crippen molar-refractivity contribution in [3.8, 4) is 0 Å². The van der Waals surface area contributed by atoms with E-state index in [4.69, 9.17) is 4.42 Å². The SMILES string of the molecule is CC(C)(C)N1CCC(c2c[nH]c3ccc(NC(=O)c4ccoc4)cc23)CC1. The number of hydrogen-bond donors (Lipinski definition) is 2. The van der Waals surface area contributed by atoms with Gasteiger partial charge >= 0.3 is 0 Å². The minimum absolute atomic E-state index is 0.154. The third kappa shape index (κ3) is 3.65. The number of fused-ring (bicyclic) bond motifs is 1. The van der Waals surface area contributed by atoms with Crippen LogP contribution in [-0.2, 0) is 0 Å². The van der Waals surface area contributed by atoms with E-state index in [1.165, 1.54) is 23.5 Å². The van der Waals surface area contributed by atoms with Crippen LogP contribution in [-0.4, -0.2) is 34.4 Å². The van der Waals surface area contributed by atoms with Gasteiger partial charge in [-0.3, -0.25) is 9.69 Å². The summed E-state index contributed by atoms with van der Waals surface area (Å²) in [6.45, 7) is 9.10. The van der Waals surface area contributed by atoms with Gasteiger partial charge in [0.1, 0.15) is 6.26 Å². The zero-order valence-electron chi connectivity index (χ0n) is 16.2. The molecule has 0 saturated carbocycles. The second kappa shape index (κ2) is 6.89. The second-order valence-electron chi connectivity index (χ2n) is 8.40. The summed E-state index contributed by atoms with van der Waals surface area (Å²) in [6, 6.07) is 7.71. The lowest BCUT2D eigenvalue weighted by Crippen LogP contribution is -2.45. The van der Waals surface area contributed by atoms with Crippen LogP contribution in [0, 0.1) is 0 Å². The number of hydrogen-bond acceptors (Lipinski definition) is 3. The molecule has 0 radical (unpaired) electrons. The molecule has 0 atom stereocenters. The predicted octanol–water partition coefficient (Wildman–Crippen LogP) is 4.99. The number of benzene rings is 1. The lowest BCUT2D eigenvalue weighted by Gasteiger charge is -2.40. The number of aromatic amines is 1. The highest BCUT2D eigenvalue weighted by Gasteiger charge is 2.28. The third-order valence-electron chi connectivity index (χ3n) is 5.64. The van der Waals surface area contributed by atoms with Gasteiger partial charge in [0.05, 0.1) is 11.8 Å². The first-order chi connectivity index (χ1) is 12.9. The monoisotopic (exact) mass is 365 g/mol. The van der Waals surface area contributed by atoms with Crippen molar-refractivity contribution in [1.29, 1.82) is 0 Å². The van der Waals surface area contributed by atoms with Crippen LogP contribution in [0.25, 0.3) is 10.9 Å². The van der Waals surface area contributed by atoms with E-state index in [1.54, 1.807) is 6.07 Å². The first-order valence-corrected chi connectivity index (χ1v) is 9.61. The lowest BCUT2D eigenvalue weighted by molar-refractivity contribution is 0.102. The van der Waals surface area contributed by atoms with E-state index in [-0.39, 0.29) is 11.4 Å². The standard InChI is InChI=1S/C22H27N3O2/c1-22(2,3)25-9-6-15(7-10-25)19-13-23-20-5-4-17(12-18(19)20)24-21(26)16-8-11-27-14-16/h4-5,8,11-15,23H,6-7,9-10H2,1-3H3,(H,24,26).